The molecular formula is C13H15N. The molecule has 0 aliphatic carbocycles. The molecule has 0 saturated heterocycles. The molecule has 0 spiro atoms. The number of rotatable bonds is 3. The van der Waals surface area contributed by atoms with Crippen LogP contribution in [0.5, 0.6) is 0 Å². The summed E-state index contributed by atoms with van der Waals surface area (Å²) in [5, 5.41) is 0. The van der Waals surface area contributed by atoms with Crippen LogP contribution in [0, 0.1) is 0 Å². The summed E-state index contributed by atoms with van der Waals surface area (Å²) < 4.78 is 0. The van der Waals surface area contributed by atoms with Crippen LogP contribution in [0.1, 0.15) is 12.5 Å². The first-order valence-electron chi connectivity index (χ1n) is 4.65. The lowest BCUT2D eigenvalue weighted by Gasteiger charge is -1.89. The van der Waals surface area contributed by atoms with E-state index in [2.05, 4.69) is 23.2 Å². The Hall–Kier alpha value is -1.63. The highest BCUT2D eigenvalue weighted by molar-refractivity contribution is 5.78. The maximum Gasteiger partial charge on any atom is 0.0277 e. The Kier molecular flexibility index (Phi) is 4.42. The van der Waals surface area contributed by atoms with Gasteiger partial charge in [-0.3, -0.25) is 4.99 Å². The predicted octanol–water partition coefficient (Wildman–Crippen LogP) is 3.35. The van der Waals surface area contributed by atoms with Crippen molar-refractivity contribution in [3.05, 3.63) is 53.6 Å². The quantitative estimate of drug-likeness (QED) is 0.506. The molecule has 0 fully saturated rings. The molecule has 1 aromatic carbocycles. The van der Waals surface area contributed by atoms with Crippen molar-refractivity contribution in [2.24, 2.45) is 4.99 Å². The molecule has 0 atom stereocenters. The predicted molar refractivity (Wildman–Crippen MR) is 63.6 cm³/mol. The highest BCUT2D eigenvalue weighted by Crippen LogP contribution is 2.01. The maximum atomic E-state index is 3.93. The van der Waals surface area contributed by atoms with Crippen LogP contribution >= 0.6 is 0 Å². The summed E-state index contributed by atoms with van der Waals surface area (Å²) in [6.07, 6.45) is 7.99. The number of nitrogens with zero attached hydrogens (tertiary/aromatic N) is 1. The molecule has 0 heterocycles. The first-order chi connectivity index (χ1) is 6.83. The molecule has 1 nitrogen and oxygen atoms in total. The summed E-state index contributed by atoms with van der Waals surface area (Å²) in [5.41, 5.74) is 2.37. The van der Waals surface area contributed by atoms with Crippen molar-refractivity contribution in [3.8, 4) is 0 Å². The van der Waals surface area contributed by atoms with Crippen molar-refractivity contribution >= 4 is 12.3 Å². The van der Waals surface area contributed by atoms with Crippen molar-refractivity contribution in [1.29, 1.82) is 0 Å². The molecule has 0 aliphatic heterocycles. The lowest BCUT2D eigenvalue weighted by atomic mass is 10.2. The minimum Gasteiger partial charge on any atom is -0.296 e. The molecule has 0 N–H and O–H groups in total. The monoisotopic (exact) mass is 185 g/mol. The Balaban J connectivity index is 2.62. The maximum absolute atomic E-state index is 3.93. The molecule has 0 aromatic heterocycles. The van der Waals surface area contributed by atoms with Gasteiger partial charge < -0.3 is 0 Å². The van der Waals surface area contributed by atoms with Gasteiger partial charge in [0.1, 0.15) is 0 Å². The van der Waals surface area contributed by atoms with Crippen molar-refractivity contribution in [3.63, 3.8) is 0 Å². The average Bonchev–Trinajstić information content (AvgIpc) is 2.20. The largest absolute Gasteiger partial charge is 0.296 e. The smallest absolute Gasteiger partial charge is 0.0277 e. The standard InChI is InChI=1S/C13H15N/c1-12(11-14-2)7-6-10-13-8-4-3-5-9-13/h3-11H,1-2H3/b10-6-,12-7-,14-11?. The molecule has 1 heteroatoms. The van der Waals surface area contributed by atoms with Crippen LogP contribution in [0.25, 0.3) is 6.08 Å². The van der Waals surface area contributed by atoms with Gasteiger partial charge in [-0.1, -0.05) is 48.6 Å². The molecule has 0 radical (unpaired) electrons. The summed E-state index contributed by atoms with van der Waals surface area (Å²) >= 11 is 0. The molecule has 14 heavy (non-hydrogen) atoms. The van der Waals surface area contributed by atoms with Crippen molar-refractivity contribution in [2.75, 3.05) is 7.05 Å². The van der Waals surface area contributed by atoms with Gasteiger partial charge in [-0.15, -0.1) is 0 Å². The van der Waals surface area contributed by atoms with Crippen LogP contribution in [-0.4, -0.2) is 13.3 Å². The van der Waals surface area contributed by atoms with E-state index >= 15 is 0 Å². The third kappa shape index (κ3) is 3.85. The first-order valence-corrected chi connectivity index (χ1v) is 4.65. The molecule has 0 unspecified atom stereocenters. The van der Waals surface area contributed by atoms with E-state index in [1.807, 2.05) is 43.5 Å². The van der Waals surface area contributed by atoms with Crippen LogP contribution in [0.2, 0.25) is 0 Å². The van der Waals surface area contributed by atoms with Gasteiger partial charge in [0, 0.05) is 13.3 Å². The second-order valence-electron chi connectivity index (χ2n) is 3.07. The highest BCUT2D eigenvalue weighted by Gasteiger charge is 1.81. The van der Waals surface area contributed by atoms with Gasteiger partial charge in [0.05, 0.1) is 0 Å². The van der Waals surface area contributed by atoms with Crippen molar-refractivity contribution in [2.45, 2.75) is 6.92 Å². The summed E-state index contributed by atoms with van der Waals surface area (Å²) in [5.74, 6) is 0. The number of hydrogen-bond acceptors (Lipinski definition) is 1. The molecule has 72 valence electrons. The normalized spacial score (nSPS) is 12.9. The van der Waals surface area contributed by atoms with Crippen molar-refractivity contribution in [1.82, 2.24) is 0 Å². The third-order valence-corrected chi connectivity index (χ3v) is 1.78. The first kappa shape index (κ1) is 10.5. The Labute approximate surface area is 85.5 Å². The fourth-order valence-electron chi connectivity index (χ4n) is 1.12. The van der Waals surface area contributed by atoms with Gasteiger partial charge in [-0.05, 0) is 18.1 Å². The molecule has 1 aromatic rings. The van der Waals surface area contributed by atoms with Crippen LogP contribution in [0.15, 0.2) is 53.0 Å². The molecule has 0 saturated carbocycles. The van der Waals surface area contributed by atoms with Crippen LogP contribution < -0.4 is 0 Å². The summed E-state index contributed by atoms with van der Waals surface area (Å²) in [4.78, 5) is 3.93. The van der Waals surface area contributed by atoms with Gasteiger partial charge in [0.2, 0.25) is 0 Å². The summed E-state index contributed by atoms with van der Waals surface area (Å²) in [6.45, 7) is 2.03. The van der Waals surface area contributed by atoms with Crippen LogP contribution in [0.3, 0.4) is 0 Å². The lowest BCUT2D eigenvalue weighted by Crippen LogP contribution is -1.74. The van der Waals surface area contributed by atoms with E-state index in [4.69, 9.17) is 0 Å². The van der Waals surface area contributed by atoms with Crippen molar-refractivity contribution < 1.29 is 0 Å². The minimum absolute atomic E-state index is 1.15. The van der Waals surface area contributed by atoms with Crippen LogP contribution in [-0.2, 0) is 0 Å². The van der Waals surface area contributed by atoms with E-state index in [-0.39, 0.29) is 0 Å². The van der Waals surface area contributed by atoms with E-state index < -0.39 is 0 Å². The molecule has 0 bridgehead atoms. The van der Waals surface area contributed by atoms with Gasteiger partial charge in [0.25, 0.3) is 0 Å². The average molecular weight is 185 g/mol. The van der Waals surface area contributed by atoms with E-state index in [9.17, 15) is 0 Å². The highest BCUT2D eigenvalue weighted by atomic mass is 14.6. The molecule has 1 rings (SSSR count). The molecular weight excluding hydrogens is 170 g/mol. The number of allylic oxidation sites excluding steroid dienone is 3. The van der Waals surface area contributed by atoms with Gasteiger partial charge in [0.15, 0.2) is 0 Å². The van der Waals surface area contributed by atoms with Gasteiger partial charge in [-0.2, -0.15) is 0 Å². The zero-order chi connectivity index (χ0) is 10.2. The Morgan fingerprint density at radius 1 is 1.21 bits per heavy atom. The van der Waals surface area contributed by atoms with E-state index in [0.29, 0.717) is 0 Å². The SMILES string of the molecule is CN=C/C(C)=C\C=C/c1ccccc1. The summed E-state index contributed by atoms with van der Waals surface area (Å²) in [6, 6.07) is 10.2. The molecule has 0 aliphatic rings. The van der Waals surface area contributed by atoms with E-state index in [1.54, 1.807) is 7.05 Å². The zero-order valence-electron chi connectivity index (χ0n) is 8.64. The fourth-order valence-corrected chi connectivity index (χ4v) is 1.12. The Morgan fingerprint density at radius 2 is 1.93 bits per heavy atom. The fraction of sp³-hybridized carbons (Fsp3) is 0.154. The third-order valence-electron chi connectivity index (χ3n) is 1.78. The van der Waals surface area contributed by atoms with E-state index in [0.717, 1.165) is 5.57 Å². The second kappa shape index (κ2) is 5.92. The number of benzene rings is 1. The second-order valence-corrected chi connectivity index (χ2v) is 3.07. The van der Waals surface area contributed by atoms with Gasteiger partial charge in [-0.25, -0.2) is 0 Å². The zero-order valence-corrected chi connectivity index (χ0v) is 8.64. The van der Waals surface area contributed by atoms with Crippen LogP contribution in [0.4, 0.5) is 0 Å². The minimum atomic E-state index is 1.15. The lowest BCUT2D eigenvalue weighted by molar-refractivity contribution is 1.45. The Morgan fingerprint density at radius 3 is 2.57 bits per heavy atom. The van der Waals surface area contributed by atoms with Gasteiger partial charge >= 0.3 is 0 Å². The topological polar surface area (TPSA) is 12.4 Å². The summed E-state index contributed by atoms with van der Waals surface area (Å²) in [7, 11) is 1.78. The molecule has 0 amide bonds. The number of aliphatic imine (C=N–C) groups is 1. The number of hydrogen-bond donors (Lipinski definition) is 0. The van der Waals surface area contributed by atoms with E-state index in [1.165, 1.54) is 5.56 Å². The Bertz CT molecular complexity index is 345.